The van der Waals surface area contributed by atoms with Crippen molar-refractivity contribution in [2.45, 2.75) is 107 Å². The Hall–Kier alpha value is -4.02. The molecule has 5 aliphatic rings. The van der Waals surface area contributed by atoms with Crippen molar-refractivity contribution >= 4 is 42.2 Å². The standard InChI is InChI=1S/C38H46BF3N6O5S/c1-7-29(39-52-30-26-16-23(35(26,2)3)17-37(30,5)53-39)46-31(49)28-18-36(4,47-34(51)45-24-11-13-25(54-6)14-12-24)33-44-20-27(32(50)48(28)33)43-19-21-9-8-10-22(15-21)38(40,41)42/h8-15,20,23,26,28-30,43H,7,16-19H2,1-6H3,(H,46,49)(H2,45,47,51)/t23?,26?,28-,29-,30+,36+,37-/m0/s1. The Balaban J connectivity index is 1.14. The van der Waals surface area contributed by atoms with E-state index in [9.17, 15) is 27.6 Å². The van der Waals surface area contributed by atoms with Gasteiger partial charge in [0.1, 0.15) is 17.6 Å². The third kappa shape index (κ3) is 6.89. The number of thioether (sulfide) groups is 1. The minimum Gasteiger partial charge on any atom is -0.404 e. The van der Waals surface area contributed by atoms with Gasteiger partial charge in [-0.25, -0.2) is 9.78 Å². The maximum Gasteiger partial charge on any atom is 0.481 e. The third-order valence-corrected chi connectivity index (χ3v) is 12.8. The number of carbonyl (C=O) groups is 2. The number of amides is 3. The molecule has 11 nitrogen and oxygen atoms in total. The highest BCUT2D eigenvalue weighted by atomic mass is 32.2. The van der Waals surface area contributed by atoms with Crippen molar-refractivity contribution in [3.8, 4) is 0 Å². The van der Waals surface area contributed by atoms with E-state index in [0.29, 0.717) is 29.5 Å². The van der Waals surface area contributed by atoms with E-state index in [1.54, 1.807) is 30.8 Å². The summed E-state index contributed by atoms with van der Waals surface area (Å²) in [5.74, 6) is 0.0594. The molecule has 16 heteroatoms. The average Bonchev–Trinajstić information content (AvgIpc) is 3.64. The number of benzene rings is 2. The van der Waals surface area contributed by atoms with E-state index in [0.717, 1.165) is 29.9 Å². The number of halogens is 3. The van der Waals surface area contributed by atoms with Crippen LogP contribution in [0, 0.1) is 17.3 Å². The summed E-state index contributed by atoms with van der Waals surface area (Å²) >= 11 is 1.57. The zero-order valence-corrected chi connectivity index (χ0v) is 32.0. The van der Waals surface area contributed by atoms with Crippen molar-refractivity contribution in [1.82, 2.24) is 20.2 Å². The summed E-state index contributed by atoms with van der Waals surface area (Å²) in [6.45, 7) is 10.2. The Bertz CT molecular complexity index is 2000. The van der Waals surface area contributed by atoms with Gasteiger partial charge in [0.2, 0.25) is 5.91 Å². The average molecular weight is 767 g/mol. The van der Waals surface area contributed by atoms with Crippen LogP contribution in [0.2, 0.25) is 0 Å². The van der Waals surface area contributed by atoms with Crippen LogP contribution in [0.1, 0.15) is 83.3 Å². The number of alkyl halides is 3. The Kier molecular flexibility index (Phi) is 9.87. The number of hydrogen-bond donors (Lipinski definition) is 4. The lowest BCUT2D eigenvalue weighted by molar-refractivity contribution is -0.185. The second kappa shape index (κ2) is 13.9. The maximum atomic E-state index is 14.3. The van der Waals surface area contributed by atoms with Gasteiger partial charge in [0.05, 0.1) is 34.9 Å². The Morgan fingerprint density at radius 3 is 2.52 bits per heavy atom. The molecule has 0 radical (unpaired) electrons. The van der Waals surface area contributed by atoms with Gasteiger partial charge in [-0.3, -0.25) is 14.2 Å². The molecule has 4 N–H and O–H groups in total. The molecule has 1 aromatic heterocycles. The summed E-state index contributed by atoms with van der Waals surface area (Å²) in [4.78, 5) is 47.5. The minimum atomic E-state index is -4.52. The molecular formula is C38H46BF3N6O5S. The van der Waals surface area contributed by atoms with Gasteiger partial charge >= 0.3 is 19.3 Å². The number of anilines is 2. The van der Waals surface area contributed by atoms with Gasteiger partial charge < -0.3 is 30.6 Å². The molecule has 3 aromatic rings. The topological polar surface area (TPSA) is 136 Å². The van der Waals surface area contributed by atoms with Crippen molar-refractivity contribution in [2.24, 2.45) is 17.3 Å². The highest BCUT2D eigenvalue weighted by Gasteiger charge is 2.67. The predicted molar refractivity (Wildman–Crippen MR) is 201 cm³/mol. The van der Waals surface area contributed by atoms with E-state index in [4.69, 9.17) is 9.31 Å². The number of hydrogen-bond acceptors (Lipinski definition) is 8. The van der Waals surface area contributed by atoms with Gasteiger partial charge in [-0.2, -0.15) is 13.2 Å². The van der Waals surface area contributed by atoms with Gasteiger partial charge in [0.25, 0.3) is 5.56 Å². The van der Waals surface area contributed by atoms with E-state index >= 15 is 0 Å². The summed E-state index contributed by atoms with van der Waals surface area (Å²) in [7, 11) is -0.687. The largest absolute Gasteiger partial charge is 0.481 e. The number of nitrogens with zero attached hydrogens (tertiary/aromatic N) is 2. The molecule has 3 amide bonds. The molecule has 2 bridgehead atoms. The van der Waals surface area contributed by atoms with Crippen molar-refractivity contribution in [3.05, 3.63) is 82.0 Å². The van der Waals surface area contributed by atoms with E-state index in [1.807, 2.05) is 25.3 Å². The van der Waals surface area contributed by atoms with E-state index < -0.39 is 59.5 Å². The van der Waals surface area contributed by atoms with Crippen LogP contribution in [-0.4, -0.2) is 52.5 Å². The van der Waals surface area contributed by atoms with Crippen molar-refractivity contribution < 1.29 is 32.1 Å². The Morgan fingerprint density at radius 1 is 1.11 bits per heavy atom. The van der Waals surface area contributed by atoms with Crippen LogP contribution in [0.4, 0.5) is 29.3 Å². The van der Waals surface area contributed by atoms with Crippen molar-refractivity contribution in [1.29, 1.82) is 0 Å². The van der Waals surface area contributed by atoms with Gasteiger partial charge in [-0.1, -0.05) is 32.9 Å². The summed E-state index contributed by atoms with van der Waals surface area (Å²) in [6, 6.07) is 10.5. The first-order valence-corrected chi connectivity index (χ1v) is 19.6. The van der Waals surface area contributed by atoms with Crippen LogP contribution in [-0.2, 0) is 32.4 Å². The summed E-state index contributed by atoms with van der Waals surface area (Å²) in [6.07, 6.45) is 1.08. The number of carbonyl (C=O) groups excluding carboxylic acids is 2. The molecule has 54 heavy (non-hydrogen) atoms. The van der Waals surface area contributed by atoms with Crippen LogP contribution in [0.3, 0.4) is 0 Å². The predicted octanol–water partition coefficient (Wildman–Crippen LogP) is 6.74. The number of rotatable bonds is 10. The number of fused-ring (bicyclic) bond motifs is 1. The van der Waals surface area contributed by atoms with Crippen LogP contribution in [0.15, 0.2) is 64.4 Å². The van der Waals surface area contributed by atoms with Crippen molar-refractivity contribution in [2.75, 3.05) is 16.9 Å². The maximum absolute atomic E-state index is 14.3. The van der Waals surface area contributed by atoms with Crippen LogP contribution in [0.5, 0.6) is 0 Å². The summed E-state index contributed by atoms with van der Waals surface area (Å²) in [5, 5.41) is 11.8. The van der Waals surface area contributed by atoms with Crippen molar-refractivity contribution in [3.63, 3.8) is 0 Å². The zero-order chi connectivity index (χ0) is 38.8. The van der Waals surface area contributed by atoms with Crippen LogP contribution < -0.4 is 26.8 Å². The van der Waals surface area contributed by atoms with E-state index in [-0.39, 0.29) is 36.0 Å². The monoisotopic (exact) mass is 766 g/mol. The van der Waals surface area contributed by atoms with E-state index in [2.05, 4.69) is 47.0 Å². The molecule has 2 unspecified atom stereocenters. The quantitative estimate of drug-likeness (QED) is 0.132. The number of urea groups is 1. The zero-order valence-electron chi connectivity index (χ0n) is 31.2. The second-order valence-corrected chi connectivity index (χ2v) is 16.9. The van der Waals surface area contributed by atoms with Gasteiger partial charge in [0, 0.05) is 23.5 Å². The molecule has 288 valence electrons. The Morgan fingerprint density at radius 2 is 1.85 bits per heavy atom. The fraction of sp³-hybridized carbons (Fsp3) is 0.526. The van der Waals surface area contributed by atoms with Crippen LogP contribution >= 0.6 is 11.8 Å². The molecule has 2 aliphatic heterocycles. The fourth-order valence-corrected chi connectivity index (χ4v) is 9.28. The van der Waals surface area contributed by atoms with Gasteiger partial charge in [0.15, 0.2) is 0 Å². The second-order valence-electron chi connectivity index (χ2n) is 16.0. The summed E-state index contributed by atoms with van der Waals surface area (Å²) in [5.41, 5.74) is -2.13. The molecule has 1 saturated heterocycles. The lowest BCUT2D eigenvalue weighted by Gasteiger charge is -2.63. The number of nitrogens with one attached hydrogen (secondary N) is 4. The molecule has 2 aromatic carbocycles. The van der Waals surface area contributed by atoms with Crippen LogP contribution in [0.25, 0.3) is 0 Å². The SMILES string of the molecule is CC[C@H](NC(=O)[C@@H]1C[C@@](C)(NC(=O)Nc2ccc(SC)cc2)c2ncc(NCc3cccc(C(F)(F)F)c3)c(=O)n21)B1O[C@@H]2C3CC(C[C@]2(C)O1)C3(C)C. The molecular weight excluding hydrogens is 720 g/mol. The lowest BCUT2D eigenvalue weighted by atomic mass is 9.45. The molecule has 3 heterocycles. The molecule has 0 spiro atoms. The minimum absolute atomic E-state index is 0.00190. The lowest BCUT2D eigenvalue weighted by Crippen LogP contribution is -2.63. The summed E-state index contributed by atoms with van der Waals surface area (Å²) < 4.78 is 54.5. The number of aromatic nitrogens is 2. The van der Waals surface area contributed by atoms with Gasteiger partial charge in [-0.05, 0) is 98.6 Å². The molecule has 8 rings (SSSR count). The molecule has 3 saturated carbocycles. The fourth-order valence-electron chi connectivity index (χ4n) is 8.87. The Labute approximate surface area is 317 Å². The highest BCUT2D eigenvalue weighted by Crippen LogP contribution is 2.64. The third-order valence-electron chi connectivity index (χ3n) is 12.1. The molecule has 7 atom stereocenters. The highest BCUT2D eigenvalue weighted by molar-refractivity contribution is 7.98. The normalized spacial score (nSPS) is 28.4. The molecule has 4 fully saturated rings. The molecule has 3 aliphatic carbocycles. The van der Waals surface area contributed by atoms with Gasteiger partial charge in [-0.15, -0.1) is 11.8 Å². The first-order valence-electron chi connectivity index (χ1n) is 18.3. The smallest absolute Gasteiger partial charge is 0.404 e. The van der Waals surface area contributed by atoms with E-state index in [1.165, 1.54) is 22.9 Å². The first kappa shape index (κ1) is 38.3. The first-order chi connectivity index (χ1) is 25.5.